The number of hydrogen-bond donors (Lipinski definition) is 1. The lowest BCUT2D eigenvalue weighted by molar-refractivity contribution is 0.407. The van der Waals surface area contributed by atoms with Gasteiger partial charge in [0.2, 0.25) is 0 Å². The second-order valence-corrected chi connectivity index (χ2v) is 6.47. The van der Waals surface area contributed by atoms with Crippen molar-refractivity contribution in [2.45, 2.75) is 45.6 Å². The molecule has 1 aliphatic rings. The van der Waals surface area contributed by atoms with E-state index in [9.17, 15) is 0 Å². The van der Waals surface area contributed by atoms with Gasteiger partial charge in [0, 0.05) is 34.4 Å². The van der Waals surface area contributed by atoms with Crippen LogP contribution in [0.4, 0.5) is 0 Å². The number of nitrogens with zero attached hydrogens (tertiary/aromatic N) is 2. The van der Waals surface area contributed by atoms with Crippen LogP contribution in [0.15, 0.2) is 24.3 Å². The van der Waals surface area contributed by atoms with Gasteiger partial charge in [-0.3, -0.25) is 0 Å². The van der Waals surface area contributed by atoms with Gasteiger partial charge in [0.1, 0.15) is 5.82 Å². The molecule has 0 aliphatic carbocycles. The van der Waals surface area contributed by atoms with Gasteiger partial charge in [-0.05, 0) is 50.9 Å². The minimum atomic E-state index is 0.411. The highest BCUT2D eigenvalue weighted by Gasteiger charge is 2.20. The summed E-state index contributed by atoms with van der Waals surface area (Å²) in [5, 5.41) is 4.35. The van der Waals surface area contributed by atoms with Crippen molar-refractivity contribution in [2.75, 3.05) is 6.54 Å². The average Bonchev–Trinajstić information content (AvgIpc) is 2.47. The van der Waals surface area contributed by atoms with Gasteiger partial charge in [0.25, 0.3) is 0 Å². The minimum absolute atomic E-state index is 0.411. The Morgan fingerprint density at radius 1 is 1.18 bits per heavy atom. The summed E-state index contributed by atoms with van der Waals surface area (Å²) in [6, 6.07) is 8.31. The molecule has 4 heteroatoms. The van der Waals surface area contributed by atoms with E-state index in [0.717, 1.165) is 40.8 Å². The van der Waals surface area contributed by atoms with Crippen molar-refractivity contribution in [3.05, 3.63) is 57.6 Å². The van der Waals surface area contributed by atoms with Crippen molar-refractivity contribution in [3.8, 4) is 0 Å². The van der Waals surface area contributed by atoms with Crippen molar-refractivity contribution in [1.82, 2.24) is 15.3 Å². The van der Waals surface area contributed by atoms with E-state index < -0.39 is 0 Å². The monoisotopic (exact) mass is 315 g/mol. The van der Waals surface area contributed by atoms with Crippen LogP contribution < -0.4 is 5.32 Å². The number of aromatic nitrogens is 2. The molecule has 0 bridgehead atoms. The molecule has 1 fully saturated rings. The van der Waals surface area contributed by atoms with Crippen LogP contribution in [0.1, 0.15) is 53.6 Å². The number of benzene rings is 1. The molecule has 116 valence electrons. The van der Waals surface area contributed by atoms with Gasteiger partial charge in [-0.15, -0.1) is 0 Å². The van der Waals surface area contributed by atoms with E-state index in [0.29, 0.717) is 6.04 Å². The summed E-state index contributed by atoms with van der Waals surface area (Å²) in [6.07, 6.45) is 4.45. The molecule has 2 heterocycles. The third kappa shape index (κ3) is 3.47. The molecule has 3 rings (SSSR count). The Morgan fingerprint density at radius 3 is 2.59 bits per heavy atom. The van der Waals surface area contributed by atoms with E-state index in [4.69, 9.17) is 21.6 Å². The van der Waals surface area contributed by atoms with Crippen LogP contribution in [0.3, 0.4) is 0 Å². The van der Waals surface area contributed by atoms with Crippen molar-refractivity contribution >= 4 is 11.6 Å². The maximum Gasteiger partial charge on any atom is 0.133 e. The quantitative estimate of drug-likeness (QED) is 0.924. The molecule has 1 aromatic heterocycles. The lowest BCUT2D eigenvalue weighted by Crippen LogP contribution is -2.28. The molecule has 1 atom stereocenters. The van der Waals surface area contributed by atoms with Crippen LogP contribution in [0.25, 0.3) is 0 Å². The molecular weight excluding hydrogens is 294 g/mol. The first-order valence-corrected chi connectivity index (χ1v) is 8.33. The summed E-state index contributed by atoms with van der Waals surface area (Å²) in [7, 11) is 0. The van der Waals surface area contributed by atoms with Crippen LogP contribution in [0.5, 0.6) is 0 Å². The van der Waals surface area contributed by atoms with Gasteiger partial charge in [0.05, 0.1) is 0 Å². The predicted octanol–water partition coefficient (Wildman–Crippen LogP) is 4.15. The van der Waals surface area contributed by atoms with Crippen molar-refractivity contribution < 1.29 is 0 Å². The zero-order chi connectivity index (χ0) is 15.5. The second kappa shape index (κ2) is 6.76. The number of aryl methyl sites for hydroxylation is 2. The molecule has 1 aromatic carbocycles. The van der Waals surface area contributed by atoms with Crippen molar-refractivity contribution in [3.63, 3.8) is 0 Å². The van der Waals surface area contributed by atoms with E-state index >= 15 is 0 Å². The predicted molar refractivity (Wildman–Crippen MR) is 90.4 cm³/mol. The van der Waals surface area contributed by atoms with E-state index in [1.165, 1.54) is 24.8 Å². The van der Waals surface area contributed by atoms with E-state index in [-0.39, 0.29) is 0 Å². The fourth-order valence-corrected chi connectivity index (χ4v) is 3.52. The fourth-order valence-electron chi connectivity index (χ4n) is 3.31. The lowest BCUT2D eigenvalue weighted by atomic mass is 9.95. The molecule has 0 radical (unpaired) electrons. The standard InChI is InChI=1S/C18H22ClN3/c1-12-18(16-8-3-4-9-20-16)13(2)22-17(21-12)11-14-6-5-7-15(19)10-14/h5-7,10,16,20H,3-4,8-9,11H2,1-2H3. The lowest BCUT2D eigenvalue weighted by Gasteiger charge is -2.26. The Kier molecular flexibility index (Phi) is 4.74. The summed E-state index contributed by atoms with van der Waals surface area (Å²) in [6.45, 7) is 5.29. The molecule has 0 saturated carbocycles. The largest absolute Gasteiger partial charge is 0.310 e. The normalized spacial score (nSPS) is 18.4. The van der Waals surface area contributed by atoms with Gasteiger partial charge in [-0.25, -0.2) is 9.97 Å². The second-order valence-electron chi connectivity index (χ2n) is 6.03. The smallest absolute Gasteiger partial charge is 0.133 e. The highest BCUT2D eigenvalue weighted by atomic mass is 35.5. The van der Waals surface area contributed by atoms with Crippen LogP contribution in [0.2, 0.25) is 5.02 Å². The molecule has 0 amide bonds. The first kappa shape index (κ1) is 15.4. The highest BCUT2D eigenvalue weighted by Crippen LogP contribution is 2.27. The number of nitrogens with one attached hydrogen (secondary N) is 1. The summed E-state index contributed by atoms with van der Waals surface area (Å²) in [5.41, 5.74) is 4.64. The Balaban J connectivity index is 1.85. The summed E-state index contributed by atoms with van der Waals surface area (Å²) >= 11 is 6.05. The maximum absolute atomic E-state index is 6.05. The zero-order valence-electron chi connectivity index (χ0n) is 13.2. The first-order chi connectivity index (χ1) is 10.6. The first-order valence-electron chi connectivity index (χ1n) is 7.95. The molecular formula is C18H22ClN3. The van der Waals surface area contributed by atoms with Crippen molar-refractivity contribution in [1.29, 1.82) is 0 Å². The number of piperidine rings is 1. The molecule has 1 N–H and O–H groups in total. The Bertz CT molecular complexity index is 640. The molecule has 0 spiro atoms. The Hall–Kier alpha value is -1.45. The van der Waals surface area contributed by atoms with Crippen molar-refractivity contribution in [2.24, 2.45) is 0 Å². The van der Waals surface area contributed by atoms with Gasteiger partial charge >= 0.3 is 0 Å². The Morgan fingerprint density at radius 2 is 1.95 bits per heavy atom. The third-order valence-electron chi connectivity index (χ3n) is 4.28. The van der Waals surface area contributed by atoms with Crippen LogP contribution in [-0.4, -0.2) is 16.5 Å². The van der Waals surface area contributed by atoms with E-state index in [1.807, 2.05) is 18.2 Å². The third-order valence-corrected chi connectivity index (χ3v) is 4.52. The van der Waals surface area contributed by atoms with E-state index in [2.05, 4.69) is 25.2 Å². The highest BCUT2D eigenvalue weighted by molar-refractivity contribution is 6.30. The summed E-state index contributed by atoms with van der Waals surface area (Å²) in [5.74, 6) is 0.872. The molecule has 1 unspecified atom stereocenters. The van der Waals surface area contributed by atoms with Gasteiger partial charge in [0.15, 0.2) is 0 Å². The molecule has 2 aromatic rings. The summed E-state index contributed by atoms with van der Waals surface area (Å²) in [4.78, 5) is 9.48. The van der Waals surface area contributed by atoms with E-state index in [1.54, 1.807) is 0 Å². The topological polar surface area (TPSA) is 37.8 Å². The maximum atomic E-state index is 6.05. The minimum Gasteiger partial charge on any atom is -0.310 e. The number of halogens is 1. The zero-order valence-corrected chi connectivity index (χ0v) is 14.0. The molecule has 3 nitrogen and oxygen atoms in total. The average molecular weight is 316 g/mol. The van der Waals surface area contributed by atoms with Crippen LogP contribution in [-0.2, 0) is 6.42 Å². The van der Waals surface area contributed by atoms with Gasteiger partial charge in [-0.2, -0.15) is 0 Å². The van der Waals surface area contributed by atoms with Crippen LogP contribution >= 0.6 is 11.6 Å². The molecule has 1 aliphatic heterocycles. The number of hydrogen-bond acceptors (Lipinski definition) is 3. The fraction of sp³-hybridized carbons (Fsp3) is 0.444. The number of rotatable bonds is 3. The summed E-state index contributed by atoms with van der Waals surface area (Å²) < 4.78 is 0. The van der Waals surface area contributed by atoms with Gasteiger partial charge < -0.3 is 5.32 Å². The molecule has 1 saturated heterocycles. The molecule has 22 heavy (non-hydrogen) atoms. The van der Waals surface area contributed by atoms with Gasteiger partial charge in [-0.1, -0.05) is 30.2 Å². The van der Waals surface area contributed by atoms with Crippen LogP contribution in [0, 0.1) is 13.8 Å². The Labute approximate surface area is 137 Å². The SMILES string of the molecule is Cc1nc(Cc2cccc(Cl)c2)nc(C)c1C1CCCCN1.